The number of benzene rings is 1. The zero-order valence-electron chi connectivity index (χ0n) is 14.6. The molecule has 5 N–H and O–H groups in total. The highest BCUT2D eigenvalue weighted by molar-refractivity contribution is 6.00. The molecule has 0 radical (unpaired) electrons. The third-order valence-electron chi connectivity index (χ3n) is 4.83. The molecule has 1 aliphatic heterocycles. The Bertz CT molecular complexity index is 958. The predicted octanol–water partition coefficient (Wildman–Crippen LogP) is 0.301. The number of fused-ring (bicyclic) bond motifs is 1. The minimum absolute atomic E-state index is 0.288. The highest BCUT2D eigenvalue weighted by atomic mass is 16.6. The van der Waals surface area contributed by atoms with Crippen molar-refractivity contribution >= 4 is 16.9 Å². The number of aliphatic hydroxyl groups is 3. The van der Waals surface area contributed by atoms with Crippen molar-refractivity contribution in [2.75, 3.05) is 19.5 Å². The first-order valence-electron chi connectivity index (χ1n) is 8.43. The fourth-order valence-electron chi connectivity index (χ4n) is 3.40. The largest absolute Gasteiger partial charge is 0.497 e. The molecule has 1 fully saturated rings. The van der Waals surface area contributed by atoms with Crippen LogP contribution in [0.4, 0.5) is 5.82 Å². The number of nitrogen functional groups attached to an aromatic ring is 1. The lowest BCUT2D eigenvalue weighted by Gasteiger charge is -2.17. The van der Waals surface area contributed by atoms with Crippen LogP contribution in [0.2, 0.25) is 0 Å². The quantitative estimate of drug-likeness (QED) is 0.513. The van der Waals surface area contributed by atoms with E-state index in [-0.39, 0.29) is 5.82 Å². The van der Waals surface area contributed by atoms with Gasteiger partial charge in [0, 0.05) is 11.8 Å². The summed E-state index contributed by atoms with van der Waals surface area (Å²) in [5, 5.41) is 30.4. The van der Waals surface area contributed by atoms with Gasteiger partial charge in [-0.3, -0.25) is 0 Å². The van der Waals surface area contributed by atoms with Crippen molar-refractivity contribution in [2.24, 2.45) is 0 Å². The minimum atomic E-state index is -1.22. The second-order valence-electron chi connectivity index (χ2n) is 6.36. The molecule has 2 unspecified atom stereocenters. The van der Waals surface area contributed by atoms with Crippen LogP contribution in [0, 0.1) is 0 Å². The average Bonchev–Trinajstić information content (AvgIpc) is 3.21. The van der Waals surface area contributed by atoms with Gasteiger partial charge in [0.05, 0.1) is 19.1 Å². The third-order valence-corrected chi connectivity index (χ3v) is 4.83. The van der Waals surface area contributed by atoms with Crippen molar-refractivity contribution in [2.45, 2.75) is 24.5 Å². The van der Waals surface area contributed by atoms with E-state index in [0.29, 0.717) is 11.0 Å². The molecule has 9 nitrogen and oxygen atoms in total. The van der Waals surface area contributed by atoms with Crippen molar-refractivity contribution < 1.29 is 24.8 Å². The Morgan fingerprint density at radius 3 is 2.56 bits per heavy atom. The molecule has 1 aromatic carbocycles. The number of hydrogen-bond donors (Lipinski definition) is 4. The Morgan fingerprint density at radius 2 is 1.93 bits per heavy atom. The summed E-state index contributed by atoms with van der Waals surface area (Å²) in [6, 6.07) is 7.40. The average molecular weight is 372 g/mol. The molecule has 0 amide bonds. The van der Waals surface area contributed by atoms with E-state index in [4.69, 9.17) is 15.2 Å². The van der Waals surface area contributed by atoms with Gasteiger partial charge in [0.2, 0.25) is 0 Å². The molecular formula is C18H20N4O5. The minimum Gasteiger partial charge on any atom is -0.497 e. The van der Waals surface area contributed by atoms with E-state index in [0.717, 1.165) is 16.9 Å². The standard InChI is InChI=1S/C18H20N4O5/c1-26-10-4-2-9(3-5-10)11-6-22(17-13(11)16(19)20-8-21-17)18-15(25)14(24)12(7-23)27-18/h2-6,8,12,14-15,18,23-25H,7H2,1H3,(H2,19,20,21)/t12-,14?,15?,18-/m1/s1. The van der Waals surface area contributed by atoms with E-state index in [1.54, 1.807) is 17.9 Å². The third kappa shape index (κ3) is 2.81. The first-order chi connectivity index (χ1) is 13.0. The van der Waals surface area contributed by atoms with Crippen LogP contribution in [0.1, 0.15) is 6.23 Å². The van der Waals surface area contributed by atoms with Crippen molar-refractivity contribution in [1.82, 2.24) is 14.5 Å². The molecule has 3 aromatic rings. The van der Waals surface area contributed by atoms with Crippen LogP contribution in [-0.4, -0.2) is 61.9 Å². The molecule has 0 saturated carbocycles. The Hall–Kier alpha value is -2.72. The highest BCUT2D eigenvalue weighted by Gasteiger charge is 2.44. The first-order valence-corrected chi connectivity index (χ1v) is 8.43. The van der Waals surface area contributed by atoms with Crippen LogP contribution >= 0.6 is 0 Å². The summed E-state index contributed by atoms with van der Waals surface area (Å²) in [5.41, 5.74) is 8.16. The van der Waals surface area contributed by atoms with E-state index in [1.165, 1.54) is 6.33 Å². The number of nitrogens with two attached hydrogens (primary N) is 1. The molecule has 0 spiro atoms. The molecule has 1 saturated heterocycles. The normalized spacial score (nSPS) is 25.2. The van der Waals surface area contributed by atoms with Crippen LogP contribution in [0.5, 0.6) is 5.75 Å². The zero-order chi connectivity index (χ0) is 19.1. The van der Waals surface area contributed by atoms with Gasteiger partial charge in [0.25, 0.3) is 0 Å². The maximum absolute atomic E-state index is 10.4. The molecule has 4 atom stereocenters. The maximum atomic E-state index is 10.4. The number of ether oxygens (including phenoxy) is 2. The molecule has 4 rings (SSSR count). The predicted molar refractivity (Wildman–Crippen MR) is 96.9 cm³/mol. The molecule has 0 bridgehead atoms. The van der Waals surface area contributed by atoms with Gasteiger partial charge in [0.15, 0.2) is 6.23 Å². The summed E-state index contributed by atoms with van der Waals surface area (Å²) in [7, 11) is 1.59. The molecule has 3 heterocycles. The Labute approximate surface area is 154 Å². The number of hydrogen-bond acceptors (Lipinski definition) is 8. The number of aliphatic hydroxyl groups excluding tert-OH is 3. The smallest absolute Gasteiger partial charge is 0.164 e. The van der Waals surface area contributed by atoms with Gasteiger partial charge in [-0.25, -0.2) is 9.97 Å². The number of methoxy groups -OCH3 is 1. The summed E-state index contributed by atoms with van der Waals surface area (Å²) in [5.74, 6) is 1.01. The first kappa shape index (κ1) is 17.7. The second-order valence-corrected chi connectivity index (χ2v) is 6.36. The molecule has 9 heteroatoms. The second kappa shape index (κ2) is 6.78. The fraction of sp³-hybridized carbons (Fsp3) is 0.333. The van der Waals surface area contributed by atoms with Gasteiger partial charge in [-0.15, -0.1) is 0 Å². The number of rotatable bonds is 4. The summed E-state index contributed by atoms with van der Waals surface area (Å²) in [6.07, 6.45) is -1.16. The lowest BCUT2D eigenvalue weighted by Crippen LogP contribution is -2.33. The summed E-state index contributed by atoms with van der Waals surface area (Å²) >= 11 is 0. The fourth-order valence-corrected chi connectivity index (χ4v) is 3.40. The topological polar surface area (TPSA) is 136 Å². The van der Waals surface area contributed by atoms with Crippen molar-refractivity contribution in [1.29, 1.82) is 0 Å². The van der Waals surface area contributed by atoms with Crippen molar-refractivity contribution in [3.63, 3.8) is 0 Å². The molecule has 27 heavy (non-hydrogen) atoms. The van der Waals surface area contributed by atoms with Crippen LogP contribution in [0.3, 0.4) is 0 Å². The van der Waals surface area contributed by atoms with E-state index >= 15 is 0 Å². The van der Waals surface area contributed by atoms with Crippen LogP contribution < -0.4 is 10.5 Å². The molecule has 0 aliphatic carbocycles. The summed E-state index contributed by atoms with van der Waals surface area (Å²) in [6.45, 7) is -0.406. The lowest BCUT2D eigenvalue weighted by atomic mass is 10.1. The zero-order valence-corrected chi connectivity index (χ0v) is 14.6. The van der Waals surface area contributed by atoms with Crippen molar-refractivity contribution in [3.8, 4) is 16.9 Å². The Kier molecular flexibility index (Phi) is 4.44. The van der Waals surface area contributed by atoms with Gasteiger partial charge in [-0.1, -0.05) is 12.1 Å². The van der Waals surface area contributed by atoms with E-state index in [9.17, 15) is 15.3 Å². The van der Waals surface area contributed by atoms with Gasteiger partial charge in [0.1, 0.15) is 41.9 Å². The molecule has 142 valence electrons. The Morgan fingerprint density at radius 1 is 1.19 bits per heavy atom. The van der Waals surface area contributed by atoms with E-state index < -0.39 is 31.1 Å². The summed E-state index contributed by atoms with van der Waals surface area (Å²) in [4.78, 5) is 8.36. The lowest BCUT2D eigenvalue weighted by molar-refractivity contribution is -0.0508. The molecular weight excluding hydrogens is 352 g/mol. The van der Waals surface area contributed by atoms with Gasteiger partial charge in [-0.2, -0.15) is 0 Å². The SMILES string of the molecule is COc1ccc(-c2cn([C@@H]3O[C@H](CO)C(O)C3O)c3ncnc(N)c23)cc1. The summed E-state index contributed by atoms with van der Waals surface area (Å²) < 4.78 is 12.4. The number of aromatic nitrogens is 3. The van der Waals surface area contributed by atoms with Crippen LogP contribution in [0.25, 0.3) is 22.2 Å². The van der Waals surface area contributed by atoms with E-state index in [2.05, 4.69) is 9.97 Å². The van der Waals surface area contributed by atoms with Crippen molar-refractivity contribution in [3.05, 3.63) is 36.8 Å². The van der Waals surface area contributed by atoms with Crippen LogP contribution in [0.15, 0.2) is 36.8 Å². The maximum Gasteiger partial charge on any atom is 0.164 e. The van der Waals surface area contributed by atoms with Crippen LogP contribution in [-0.2, 0) is 4.74 Å². The molecule has 2 aromatic heterocycles. The number of anilines is 1. The molecule has 1 aliphatic rings. The van der Waals surface area contributed by atoms with Gasteiger partial charge < -0.3 is 35.1 Å². The van der Waals surface area contributed by atoms with E-state index in [1.807, 2.05) is 24.3 Å². The van der Waals surface area contributed by atoms with Gasteiger partial charge >= 0.3 is 0 Å². The highest BCUT2D eigenvalue weighted by Crippen LogP contribution is 2.38. The Balaban J connectivity index is 1.87. The monoisotopic (exact) mass is 372 g/mol. The number of nitrogens with zero attached hydrogens (tertiary/aromatic N) is 3. The van der Waals surface area contributed by atoms with Gasteiger partial charge in [-0.05, 0) is 17.7 Å².